The molecule has 0 amide bonds. The zero-order valence-electron chi connectivity index (χ0n) is 9.58. The van der Waals surface area contributed by atoms with Gasteiger partial charge in [-0.1, -0.05) is 12.8 Å². The summed E-state index contributed by atoms with van der Waals surface area (Å²) in [6.45, 7) is 0.759. The zero-order valence-corrected chi connectivity index (χ0v) is 9.58. The molecule has 2 N–H and O–H groups in total. The van der Waals surface area contributed by atoms with E-state index in [9.17, 15) is 0 Å². The van der Waals surface area contributed by atoms with Crippen molar-refractivity contribution in [1.82, 2.24) is 9.55 Å². The summed E-state index contributed by atoms with van der Waals surface area (Å²) in [6.07, 6.45) is 9.62. The van der Waals surface area contributed by atoms with Gasteiger partial charge in [0, 0.05) is 19.2 Å². The summed E-state index contributed by atoms with van der Waals surface area (Å²) in [5.74, 6) is 2.00. The molecule has 0 unspecified atom stereocenters. The molecule has 0 atom stereocenters. The van der Waals surface area contributed by atoms with E-state index in [-0.39, 0.29) is 0 Å². The Morgan fingerprint density at radius 1 is 1.47 bits per heavy atom. The third-order valence-electron chi connectivity index (χ3n) is 3.32. The first kappa shape index (κ1) is 10.7. The van der Waals surface area contributed by atoms with E-state index in [1.165, 1.54) is 37.2 Å². The number of rotatable bonds is 4. The summed E-state index contributed by atoms with van der Waals surface area (Å²) in [4.78, 5) is 4.74. The van der Waals surface area contributed by atoms with Crippen LogP contribution < -0.4 is 5.73 Å². The van der Waals surface area contributed by atoms with Crippen LogP contribution in [0.4, 0.5) is 0 Å². The fourth-order valence-electron chi connectivity index (χ4n) is 2.51. The van der Waals surface area contributed by atoms with Crippen molar-refractivity contribution in [3.63, 3.8) is 0 Å². The SMILES string of the molecule is Cn1cc(CCCN)nc1C1CCCC1. The molecule has 0 aromatic carbocycles. The van der Waals surface area contributed by atoms with Gasteiger partial charge in [0.05, 0.1) is 5.69 Å². The molecule has 0 spiro atoms. The normalized spacial score (nSPS) is 17.5. The average molecular weight is 207 g/mol. The van der Waals surface area contributed by atoms with Gasteiger partial charge in [-0.2, -0.15) is 0 Å². The Morgan fingerprint density at radius 3 is 2.87 bits per heavy atom. The highest BCUT2D eigenvalue weighted by molar-refractivity contribution is 5.09. The lowest BCUT2D eigenvalue weighted by Gasteiger charge is -2.07. The number of nitrogens with two attached hydrogens (primary N) is 1. The molecule has 84 valence electrons. The van der Waals surface area contributed by atoms with Crippen LogP contribution in [0.25, 0.3) is 0 Å². The predicted molar refractivity (Wildman–Crippen MR) is 61.8 cm³/mol. The maximum absolute atomic E-state index is 5.51. The molecule has 1 aromatic rings. The number of nitrogens with zero attached hydrogens (tertiary/aromatic N) is 2. The summed E-state index contributed by atoms with van der Waals surface area (Å²) in [5.41, 5.74) is 6.72. The molecule has 1 aliphatic rings. The lowest BCUT2D eigenvalue weighted by Crippen LogP contribution is -2.02. The molecule has 1 aliphatic carbocycles. The lowest BCUT2D eigenvalue weighted by atomic mass is 10.1. The molecule has 1 fully saturated rings. The minimum atomic E-state index is 0.710. The fourth-order valence-corrected chi connectivity index (χ4v) is 2.51. The second kappa shape index (κ2) is 4.79. The van der Waals surface area contributed by atoms with Crippen molar-refractivity contribution >= 4 is 0 Å². The molecular weight excluding hydrogens is 186 g/mol. The van der Waals surface area contributed by atoms with Crippen LogP contribution in [0, 0.1) is 0 Å². The molecule has 3 heteroatoms. The summed E-state index contributed by atoms with van der Waals surface area (Å²) in [6, 6.07) is 0. The highest BCUT2D eigenvalue weighted by atomic mass is 15.1. The third kappa shape index (κ3) is 2.40. The molecule has 0 saturated heterocycles. The molecule has 1 aromatic heterocycles. The van der Waals surface area contributed by atoms with Crippen LogP contribution in [0.3, 0.4) is 0 Å². The lowest BCUT2D eigenvalue weighted by molar-refractivity contribution is 0.631. The predicted octanol–water partition coefficient (Wildman–Crippen LogP) is 1.97. The maximum Gasteiger partial charge on any atom is 0.111 e. The van der Waals surface area contributed by atoms with Crippen LogP contribution in [0.2, 0.25) is 0 Å². The summed E-state index contributed by atoms with van der Waals surface area (Å²) >= 11 is 0. The van der Waals surface area contributed by atoms with E-state index in [0.29, 0.717) is 5.92 Å². The van der Waals surface area contributed by atoms with E-state index in [1.54, 1.807) is 0 Å². The largest absolute Gasteiger partial charge is 0.337 e. The number of imidazole rings is 1. The van der Waals surface area contributed by atoms with Crippen molar-refractivity contribution in [2.45, 2.75) is 44.4 Å². The smallest absolute Gasteiger partial charge is 0.111 e. The van der Waals surface area contributed by atoms with Crippen LogP contribution in [0.1, 0.15) is 49.5 Å². The van der Waals surface area contributed by atoms with Gasteiger partial charge in [0.15, 0.2) is 0 Å². The quantitative estimate of drug-likeness (QED) is 0.820. The van der Waals surface area contributed by atoms with Gasteiger partial charge in [0.25, 0.3) is 0 Å². The second-order valence-electron chi connectivity index (χ2n) is 4.57. The molecule has 15 heavy (non-hydrogen) atoms. The first-order valence-corrected chi connectivity index (χ1v) is 6.03. The van der Waals surface area contributed by atoms with Crippen molar-refractivity contribution < 1.29 is 0 Å². The molecule has 1 heterocycles. The summed E-state index contributed by atoms with van der Waals surface area (Å²) in [7, 11) is 2.12. The van der Waals surface area contributed by atoms with E-state index < -0.39 is 0 Å². The maximum atomic E-state index is 5.51. The van der Waals surface area contributed by atoms with E-state index in [1.807, 2.05) is 0 Å². The average Bonchev–Trinajstić information content (AvgIpc) is 2.83. The number of aromatic nitrogens is 2. The standard InChI is InChI=1S/C12H21N3/c1-15-9-11(7-4-8-13)14-12(15)10-5-2-3-6-10/h9-10H,2-8,13H2,1H3. The van der Waals surface area contributed by atoms with E-state index >= 15 is 0 Å². The molecule has 0 bridgehead atoms. The van der Waals surface area contributed by atoms with Gasteiger partial charge in [0.2, 0.25) is 0 Å². The highest BCUT2D eigenvalue weighted by Gasteiger charge is 2.21. The summed E-state index contributed by atoms with van der Waals surface area (Å²) in [5, 5.41) is 0. The van der Waals surface area contributed by atoms with Gasteiger partial charge in [-0.25, -0.2) is 4.98 Å². The van der Waals surface area contributed by atoms with Crippen molar-refractivity contribution in [3.8, 4) is 0 Å². The Bertz CT molecular complexity index is 311. The fraction of sp³-hybridized carbons (Fsp3) is 0.750. The number of hydrogen-bond acceptors (Lipinski definition) is 2. The van der Waals surface area contributed by atoms with E-state index in [0.717, 1.165) is 19.4 Å². The molecule has 1 saturated carbocycles. The Morgan fingerprint density at radius 2 is 2.20 bits per heavy atom. The molecule has 3 nitrogen and oxygen atoms in total. The zero-order chi connectivity index (χ0) is 10.7. The minimum absolute atomic E-state index is 0.710. The molecule has 0 radical (unpaired) electrons. The van der Waals surface area contributed by atoms with Gasteiger partial charge in [0.1, 0.15) is 5.82 Å². The summed E-state index contributed by atoms with van der Waals surface area (Å²) < 4.78 is 2.21. The molecule has 2 rings (SSSR count). The Balaban J connectivity index is 2.06. The van der Waals surface area contributed by atoms with Gasteiger partial charge in [-0.3, -0.25) is 0 Å². The minimum Gasteiger partial charge on any atom is -0.337 e. The Hall–Kier alpha value is -0.830. The van der Waals surface area contributed by atoms with Crippen molar-refractivity contribution in [2.24, 2.45) is 12.8 Å². The van der Waals surface area contributed by atoms with Crippen LogP contribution in [-0.2, 0) is 13.5 Å². The van der Waals surface area contributed by atoms with Crippen LogP contribution >= 0.6 is 0 Å². The van der Waals surface area contributed by atoms with Gasteiger partial charge in [-0.05, 0) is 32.2 Å². The van der Waals surface area contributed by atoms with Crippen molar-refractivity contribution in [2.75, 3.05) is 6.54 Å². The van der Waals surface area contributed by atoms with Crippen LogP contribution in [-0.4, -0.2) is 16.1 Å². The first-order chi connectivity index (χ1) is 7.31. The topological polar surface area (TPSA) is 43.8 Å². The van der Waals surface area contributed by atoms with Gasteiger partial charge in [-0.15, -0.1) is 0 Å². The second-order valence-corrected chi connectivity index (χ2v) is 4.57. The van der Waals surface area contributed by atoms with Gasteiger partial charge < -0.3 is 10.3 Å². The highest BCUT2D eigenvalue weighted by Crippen LogP contribution is 2.33. The van der Waals surface area contributed by atoms with E-state index in [4.69, 9.17) is 10.7 Å². The molecule has 0 aliphatic heterocycles. The third-order valence-corrected chi connectivity index (χ3v) is 3.32. The monoisotopic (exact) mass is 207 g/mol. The van der Waals surface area contributed by atoms with Crippen molar-refractivity contribution in [3.05, 3.63) is 17.7 Å². The Kier molecular flexibility index (Phi) is 3.41. The first-order valence-electron chi connectivity index (χ1n) is 6.03. The van der Waals surface area contributed by atoms with E-state index in [2.05, 4.69) is 17.8 Å². The van der Waals surface area contributed by atoms with Crippen LogP contribution in [0.15, 0.2) is 6.20 Å². The number of hydrogen-bond donors (Lipinski definition) is 1. The molecular formula is C12H21N3. The van der Waals surface area contributed by atoms with Crippen molar-refractivity contribution in [1.29, 1.82) is 0 Å². The van der Waals surface area contributed by atoms with Crippen LogP contribution in [0.5, 0.6) is 0 Å². The van der Waals surface area contributed by atoms with Gasteiger partial charge >= 0.3 is 0 Å². The Labute approximate surface area is 91.7 Å². The number of aryl methyl sites for hydroxylation is 2.